The Balaban J connectivity index is 2.04. The van der Waals surface area contributed by atoms with E-state index in [1.807, 2.05) is 12.1 Å². The first kappa shape index (κ1) is 14.0. The van der Waals surface area contributed by atoms with Crippen LogP contribution in [0.3, 0.4) is 0 Å². The quantitative estimate of drug-likeness (QED) is 0.646. The van der Waals surface area contributed by atoms with E-state index in [4.69, 9.17) is 0 Å². The molecule has 22 heavy (non-hydrogen) atoms. The summed E-state index contributed by atoms with van der Waals surface area (Å²) in [5.74, 6) is 0. The number of nitrogens with zero attached hydrogens (tertiary/aromatic N) is 1. The Labute approximate surface area is 131 Å². The van der Waals surface area contributed by atoms with Gasteiger partial charge in [-0.2, -0.15) is 0 Å². The Morgan fingerprint density at radius 3 is 1.55 bits per heavy atom. The summed E-state index contributed by atoms with van der Waals surface area (Å²) in [6.45, 7) is 3.69. The van der Waals surface area contributed by atoms with Crippen molar-refractivity contribution in [1.29, 1.82) is 0 Å². The number of rotatable bonds is 5. The van der Waals surface area contributed by atoms with Crippen LogP contribution in [0.5, 0.6) is 0 Å². The van der Waals surface area contributed by atoms with Gasteiger partial charge in [0.25, 0.3) is 0 Å². The van der Waals surface area contributed by atoms with Gasteiger partial charge in [-0.05, 0) is 54.7 Å². The third-order valence-electron chi connectivity index (χ3n) is 3.42. The minimum atomic E-state index is 1.03. The van der Waals surface area contributed by atoms with Gasteiger partial charge in [0.05, 0.1) is 0 Å². The molecule has 0 heterocycles. The summed E-state index contributed by atoms with van der Waals surface area (Å²) >= 11 is 0. The molecular weight excluding hydrogens is 268 g/mol. The Kier molecular flexibility index (Phi) is 4.21. The molecule has 0 unspecified atom stereocenters. The van der Waals surface area contributed by atoms with E-state index in [2.05, 4.69) is 89.6 Å². The third-order valence-corrected chi connectivity index (χ3v) is 3.42. The highest BCUT2D eigenvalue weighted by Crippen LogP contribution is 2.34. The van der Waals surface area contributed by atoms with Crippen molar-refractivity contribution in [3.63, 3.8) is 0 Å². The molecule has 2 heteroatoms. The van der Waals surface area contributed by atoms with E-state index in [1.54, 1.807) is 6.20 Å². The lowest BCUT2D eigenvalue weighted by Crippen LogP contribution is -2.09. The fourth-order valence-electron chi connectivity index (χ4n) is 2.43. The molecule has 0 saturated carbocycles. The highest BCUT2D eigenvalue weighted by atomic mass is 15.1. The minimum absolute atomic E-state index is 1.03. The van der Waals surface area contributed by atoms with Gasteiger partial charge in [-0.1, -0.05) is 43.0 Å². The van der Waals surface area contributed by atoms with Crippen LogP contribution in [-0.4, -0.2) is 0 Å². The van der Waals surface area contributed by atoms with Gasteiger partial charge in [-0.25, -0.2) is 0 Å². The molecule has 0 amide bonds. The molecule has 0 spiro atoms. The van der Waals surface area contributed by atoms with Crippen molar-refractivity contribution in [2.45, 2.75) is 0 Å². The molecule has 0 saturated heterocycles. The van der Waals surface area contributed by atoms with Crippen molar-refractivity contribution < 1.29 is 0 Å². The van der Waals surface area contributed by atoms with E-state index in [1.165, 1.54) is 0 Å². The molecule has 0 bridgehead atoms. The largest absolute Gasteiger partial charge is 0.362 e. The standard InChI is InChI=1S/C20H18N2/c1-2-21-17-13-15-20(16-14-17)22(18-9-5-3-6-10-18)19-11-7-4-8-12-19/h2-16,21H,1H2. The van der Waals surface area contributed by atoms with Crippen LogP contribution in [0, 0.1) is 0 Å². The Morgan fingerprint density at radius 2 is 1.09 bits per heavy atom. The van der Waals surface area contributed by atoms with Crippen molar-refractivity contribution in [3.8, 4) is 0 Å². The van der Waals surface area contributed by atoms with Crippen LogP contribution in [0.1, 0.15) is 0 Å². The molecule has 0 aromatic heterocycles. The smallest absolute Gasteiger partial charge is 0.0463 e. The predicted octanol–water partition coefficient (Wildman–Crippen LogP) is 5.71. The van der Waals surface area contributed by atoms with Gasteiger partial charge in [0.1, 0.15) is 0 Å². The van der Waals surface area contributed by atoms with E-state index in [0.29, 0.717) is 0 Å². The van der Waals surface area contributed by atoms with Crippen LogP contribution in [0.15, 0.2) is 97.7 Å². The van der Waals surface area contributed by atoms with Crippen LogP contribution in [0.25, 0.3) is 0 Å². The number of hydrogen-bond donors (Lipinski definition) is 1. The fraction of sp³-hybridized carbons (Fsp3) is 0. The molecule has 0 atom stereocenters. The first-order valence-electron chi connectivity index (χ1n) is 7.26. The Hall–Kier alpha value is -3.00. The number of anilines is 4. The highest BCUT2D eigenvalue weighted by molar-refractivity contribution is 5.77. The third kappa shape index (κ3) is 3.01. The molecule has 0 aliphatic rings. The van der Waals surface area contributed by atoms with Gasteiger partial charge >= 0.3 is 0 Å². The van der Waals surface area contributed by atoms with Crippen molar-refractivity contribution >= 4 is 22.7 Å². The molecular formula is C20H18N2. The van der Waals surface area contributed by atoms with Gasteiger partial charge in [-0.3, -0.25) is 0 Å². The SMILES string of the molecule is C=CNc1ccc(N(c2ccccc2)c2ccccc2)cc1. The molecule has 3 aromatic carbocycles. The molecule has 3 aromatic rings. The maximum absolute atomic E-state index is 3.69. The molecule has 0 aliphatic heterocycles. The summed E-state index contributed by atoms with van der Waals surface area (Å²) in [5.41, 5.74) is 4.42. The maximum Gasteiger partial charge on any atom is 0.0463 e. The fourth-order valence-corrected chi connectivity index (χ4v) is 2.43. The van der Waals surface area contributed by atoms with Crippen LogP contribution < -0.4 is 10.2 Å². The molecule has 108 valence electrons. The topological polar surface area (TPSA) is 15.3 Å². The van der Waals surface area contributed by atoms with Crippen LogP contribution in [-0.2, 0) is 0 Å². The normalized spacial score (nSPS) is 10.0. The number of para-hydroxylation sites is 2. The van der Waals surface area contributed by atoms with Gasteiger partial charge < -0.3 is 10.2 Å². The second-order valence-corrected chi connectivity index (χ2v) is 4.90. The zero-order valence-electron chi connectivity index (χ0n) is 12.3. The number of benzene rings is 3. The number of nitrogens with one attached hydrogen (secondary N) is 1. The summed E-state index contributed by atoms with van der Waals surface area (Å²) in [4.78, 5) is 2.23. The average Bonchev–Trinajstić information content (AvgIpc) is 2.59. The summed E-state index contributed by atoms with van der Waals surface area (Å²) in [5, 5.41) is 3.10. The molecule has 1 N–H and O–H groups in total. The van der Waals surface area contributed by atoms with Gasteiger partial charge in [0.15, 0.2) is 0 Å². The van der Waals surface area contributed by atoms with E-state index in [-0.39, 0.29) is 0 Å². The summed E-state index contributed by atoms with van der Waals surface area (Å²) in [6, 6.07) is 29.0. The highest BCUT2D eigenvalue weighted by Gasteiger charge is 2.11. The lowest BCUT2D eigenvalue weighted by atomic mass is 10.2. The summed E-state index contributed by atoms with van der Waals surface area (Å²) in [6.07, 6.45) is 1.68. The number of hydrogen-bond acceptors (Lipinski definition) is 2. The van der Waals surface area contributed by atoms with E-state index >= 15 is 0 Å². The monoisotopic (exact) mass is 286 g/mol. The zero-order chi connectivity index (χ0) is 15.2. The minimum Gasteiger partial charge on any atom is -0.362 e. The molecule has 0 fully saturated rings. The molecule has 3 rings (SSSR count). The van der Waals surface area contributed by atoms with Crippen LogP contribution >= 0.6 is 0 Å². The van der Waals surface area contributed by atoms with Gasteiger partial charge in [0.2, 0.25) is 0 Å². The zero-order valence-corrected chi connectivity index (χ0v) is 12.3. The molecule has 0 radical (unpaired) electrons. The second kappa shape index (κ2) is 6.64. The average molecular weight is 286 g/mol. The van der Waals surface area contributed by atoms with Gasteiger partial charge in [0, 0.05) is 22.7 Å². The van der Waals surface area contributed by atoms with Gasteiger partial charge in [-0.15, -0.1) is 0 Å². The van der Waals surface area contributed by atoms with Crippen LogP contribution in [0.2, 0.25) is 0 Å². The van der Waals surface area contributed by atoms with Crippen LogP contribution in [0.4, 0.5) is 22.7 Å². The maximum atomic E-state index is 3.69. The molecule has 2 nitrogen and oxygen atoms in total. The van der Waals surface area contributed by atoms with E-state index < -0.39 is 0 Å². The lowest BCUT2D eigenvalue weighted by Gasteiger charge is -2.25. The lowest BCUT2D eigenvalue weighted by molar-refractivity contribution is 1.28. The van der Waals surface area contributed by atoms with Crippen molar-refractivity contribution in [3.05, 3.63) is 97.7 Å². The first-order chi connectivity index (χ1) is 10.9. The van der Waals surface area contributed by atoms with Crippen molar-refractivity contribution in [2.24, 2.45) is 0 Å². The second-order valence-electron chi connectivity index (χ2n) is 4.90. The molecule has 0 aliphatic carbocycles. The predicted molar refractivity (Wildman–Crippen MR) is 94.9 cm³/mol. The Morgan fingerprint density at radius 1 is 0.636 bits per heavy atom. The van der Waals surface area contributed by atoms with E-state index in [9.17, 15) is 0 Å². The summed E-state index contributed by atoms with van der Waals surface area (Å²) in [7, 11) is 0. The van der Waals surface area contributed by atoms with Crippen molar-refractivity contribution in [2.75, 3.05) is 10.2 Å². The summed E-state index contributed by atoms with van der Waals surface area (Å²) < 4.78 is 0. The Bertz CT molecular complexity index is 679. The first-order valence-corrected chi connectivity index (χ1v) is 7.26. The van der Waals surface area contributed by atoms with Crippen molar-refractivity contribution in [1.82, 2.24) is 0 Å². The van der Waals surface area contributed by atoms with E-state index in [0.717, 1.165) is 22.7 Å².